The van der Waals surface area contributed by atoms with Crippen LogP contribution in [0.1, 0.15) is 6.92 Å². The van der Waals surface area contributed by atoms with Gasteiger partial charge < -0.3 is 5.32 Å². The lowest BCUT2D eigenvalue weighted by Crippen LogP contribution is -2.19. The van der Waals surface area contributed by atoms with Crippen molar-refractivity contribution in [3.63, 3.8) is 0 Å². The number of carbonyl (C=O) groups excluding carboxylic acids is 1. The zero-order valence-electron chi connectivity index (χ0n) is 12.3. The Bertz CT molecular complexity index is 908. The largest absolute Gasteiger partial charge is 0.321 e. The lowest BCUT2D eigenvalue weighted by atomic mass is 10.2. The first-order valence-corrected chi connectivity index (χ1v) is 7.73. The summed E-state index contributed by atoms with van der Waals surface area (Å²) in [5.74, 6) is -0.249. The van der Waals surface area contributed by atoms with Crippen molar-refractivity contribution in [3.8, 4) is 0 Å². The number of fused-ring (bicyclic) bond motifs is 1. The summed E-state index contributed by atoms with van der Waals surface area (Å²) in [6.07, 6.45) is 3.20. The summed E-state index contributed by atoms with van der Waals surface area (Å²) < 4.78 is 0.918. The second kappa shape index (κ2) is 6.66. The van der Waals surface area contributed by atoms with Gasteiger partial charge in [0, 0.05) is 21.7 Å². The number of amides is 1. The molecule has 0 radical (unpaired) electrons. The molecular weight excluding hydrogens is 356 g/mol. The molecule has 3 rings (SSSR count). The van der Waals surface area contributed by atoms with Crippen molar-refractivity contribution in [2.24, 2.45) is 4.99 Å². The van der Waals surface area contributed by atoms with Crippen LogP contribution in [0.2, 0.25) is 0 Å². The second-order valence-corrected chi connectivity index (χ2v) is 5.84. The van der Waals surface area contributed by atoms with Crippen molar-refractivity contribution in [2.75, 3.05) is 5.32 Å². The number of halogens is 1. The standard InChI is InChI=1S/C17H13BrN4O/c1-11(21-14-4-2-3-13(18)8-14)17(23)22-15-5-6-16-12(7-15)9-19-10-20-16/h2-10H,1H3,(H,22,23). The van der Waals surface area contributed by atoms with Crippen molar-refractivity contribution in [2.45, 2.75) is 6.92 Å². The number of benzene rings is 2. The molecule has 0 bridgehead atoms. The van der Waals surface area contributed by atoms with E-state index < -0.39 is 0 Å². The summed E-state index contributed by atoms with van der Waals surface area (Å²) in [5.41, 5.74) is 2.62. The normalized spacial score (nSPS) is 11.5. The molecule has 23 heavy (non-hydrogen) atoms. The Labute approximate surface area is 141 Å². The van der Waals surface area contributed by atoms with Gasteiger partial charge in [0.15, 0.2) is 0 Å². The van der Waals surface area contributed by atoms with E-state index in [-0.39, 0.29) is 5.91 Å². The number of anilines is 1. The van der Waals surface area contributed by atoms with Crippen LogP contribution in [-0.4, -0.2) is 21.6 Å². The van der Waals surface area contributed by atoms with Gasteiger partial charge in [-0.05, 0) is 43.3 Å². The number of nitrogens with zero attached hydrogens (tertiary/aromatic N) is 3. The number of hydrogen-bond acceptors (Lipinski definition) is 4. The number of aromatic nitrogens is 2. The highest BCUT2D eigenvalue weighted by Gasteiger charge is 2.07. The van der Waals surface area contributed by atoms with E-state index in [2.05, 4.69) is 36.2 Å². The van der Waals surface area contributed by atoms with Crippen LogP contribution in [0.25, 0.3) is 10.9 Å². The number of rotatable bonds is 3. The molecule has 1 N–H and O–H groups in total. The highest BCUT2D eigenvalue weighted by Crippen LogP contribution is 2.19. The molecule has 0 fully saturated rings. The van der Waals surface area contributed by atoms with E-state index >= 15 is 0 Å². The lowest BCUT2D eigenvalue weighted by Gasteiger charge is -2.06. The van der Waals surface area contributed by atoms with Crippen molar-refractivity contribution in [3.05, 3.63) is 59.5 Å². The molecule has 1 heterocycles. The third-order valence-corrected chi connectivity index (χ3v) is 3.69. The van der Waals surface area contributed by atoms with Gasteiger partial charge in [-0.3, -0.25) is 4.79 Å². The van der Waals surface area contributed by atoms with Crippen LogP contribution >= 0.6 is 15.9 Å². The Kier molecular flexibility index (Phi) is 4.43. The molecule has 0 aliphatic carbocycles. The molecule has 1 aromatic heterocycles. The number of aliphatic imine (C=N–C) groups is 1. The molecule has 3 aromatic rings. The van der Waals surface area contributed by atoms with E-state index in [1.807, 2.05) is 36.4 Å². The predicted molar refractivity (Wildman–Crippen MR) is 95.1 cm³/mol. The van der Waals surface area contributed by atoms with Crippen LogP contribution in [0.5, 0.6) is 0 Å². The third-order valence-electron chi connectivity index (χ3n) is 3.20. The number of hydrogen-bond donors (Lipinski definition) is 1. The van der Waals surface area contributed by atoms with Crippen molar-refractivity contribution < 1.29 is 4.79 Å². The molecule has 114 valence electrons. The Balaban J connectivity index is 1.79. The minimum Gasteiger partial charge on any atom is -0.321 e. The fourth-order valence-electron chi connectivity index (χ4n) is 2.07. The molecule has 0 spiro atoms. The van der Waals surface area contributed by atoms with Crippen molar-refractivity contribution in [1.82, 2.24) is 9.97 Å². The van der Waals surface area contributed by atoms with Crippen molar-refractivity contribution >= 4 is 49.8 Å². The maximum atomic E-state index is 12.3. The Hall–Kier alpha value is -2.60. The molecular formula is C17H13BrN4O. The lowest BCUT2D eigenvalue weighted by molar-refractivity contribution is -0.110. The first-order valence-electron chi connectivity index (χ1n) is 6.94. The Morgan fingerprint density at radius 1 is 1.22 bits per heavy atom. The monoisotopic (exact) mass is 368 g/mol. The van der Waals surface area contributed by atoms with Gasteiger partial charge in [-0.25, -0.2) is 15.0 Å². The molecule has 0 saturated heterocycles. The fourth-order valence-corrected chi connectivity index (χ4v) is 2.46. The molecule has 0 saturated carbocycles. The molecule has 2 aromatic carbocycles. The van der Waals surface area contributed by atoms with Crippen LogP contribution in [0.4, 0.5) is 11.4 Å². The maximum Gasteiger partial charge on any atom is 0.269 e. The summed E-state index contributed by atoms with van der Waals surface area (Å²) in [6, 6.07) is 13.0. The maximum absolute atomic E-state index is 12.3. The average molecular weight is 369 g/mol. The zero-order valence-corrected chi connectivity index (χ0v) is 13.9. The van der Waals surface area contributed by atoms with Crippen LogP contribution in [-0.2, 0) is 4.79 Å². The van der Waals surface area contributed by atoms with Gasteiger partial charge in [-0.15, -0.1) is 0 Å². The predicted octanol–water partition coefficient (Wildman–Crippen LogP) is 4.12. The van der Waals surface area contributed by atoms with E-state index in [4.69, 9.17) is 0 Å². The highest BCUT2D eigenvalue weighted by molar-refractivity contribution is 9.10. The van der Waals surface area contributed by atoms with Gasteiger partial charge in [0.25, 0.3) is 5.91 Å². The van der Waals surface area contributed by atoms with Gasteiger partial charge in [0.05, 0.1) is 11.2 Å². The molecule has 0 unspecified atom stereocenters. The summed E-state index contributed by atoms with van der Waals surface area (Å²) in [6.45, 7) is 1.68. The van der Waals surface area contributed by atoms with E-state index in [0.717, 1.165) is 21.1 Å². The van der Waals surface area contributed by atoms with E-state index in [0.29, 0.717) is 11.4 Å². The number of carbonyl (C=O) groups is 1. The first-order chi connectivity index (χ1) is 11.1. The Morgan fingerprint density at radius 3 is 2.91 bits per heavy atom. The van der Waals surface area contributed by atoms with Gasteiger partial charge in [0.1, 0.15) is 12.0 Å². The average Bonchev–Trinajstić information content (AvgIpc) is 2.54. The SMILES string of the molecule is CC(=Nc1cccc(Br)c1)C(=O)Nc1ccc2ncncc2c1. The fraction of sp³-hybridized carbons (Fsp3) is 0.0588. The minimum atomic E-state index is -0.249. The molecule has 0 aliphatic rings. The van der Waals surface area contributed by atoms with Gasteiger partial charge in [0.2, 0.25) is 0 Å². The molecule has 5 nitrogen and oxygen atoms in total. The molecule has 1 amide bonds. The van der Waals surface area contributed by atoms with E-state index in [1.165, 1.54) is 6.33 Å². The minimum absolute atomic E-state index is 0.249. The van der Waals surface area contributed by atoms with Crippen LogP contribution < -0.4 is 5.32 Å². The van der Waals surface area contributed by atoms with E-state index in [1.54, 1.807) is 19.2 Å². The second-order valence-electron chi connectivity index (χ2n) is 4.93. The van der Waals surface area contributed by atoms with Gasteiger partial charge >= 0.3 is 0 Å². The molecule has 0 aliphatic heterocycles. The quantitative estimate of drug-likeness (QED) is 0.706. The summed E-state index contributed by atoms with van der Waals surface area (Å²) in [7, 11) is 0. The van der Waals surface area contributed by atoms with E-state index in [9.17, 15) is 4.79 Å². The zero-order chi connectivity index (χ0) is 16.2. The summed E-state index contributed by atoms with van der Waals surface area (Å²) in [4.78, 5) is 24.7. The van der Waals surface area contributed by atoms with Gasteiger partial charge in [-0.2, -0.15) is 0 Å². The summed E-state index contributed by atoms with van der Waals surface area (Å²) in [5, 5.41) is 3.70. The van der Waals surface area contributed by atoms with Crippen molar-refractivity contribution in [1.29, 1.82) is 0 Å². The third kappa shape index (κ3) is 3.78. The van der Waals surface area contributed by atoms with Crippen LogP contribution in [0.3, 0.4) is 0 Å². The van der Waals surface area contributed by atoms with Crippen LogP contribution in [0.15, 0.2) is 64.5 Å². The topological polar surface area (TPSA) is 67.2 Å². The molecule has 0 atom stereocenters. The smallest absolute Gasteiger partial charge is 0.269 e. The highest BCUT2D eigenvalue weighted by atomic mass is 79.9. The summed E-state index contributed by atoms with van der Waals surface area (Å²) >= 11 is 3.38. The van der Waals surface area contributed by atoms with Gasteiger partial charge in [-0.1, -0.05) is 22.0 Å². The van der Waals surface area contributed by atoms with Crippen LogP contribution in [0, 0.1) is 0 Å². The first kappa shape index (κ1) is 15.3. The number of nitrogens with one attached hydrogen (secondary N) is 1. The Morgan fingerprint density at radius 2 is 2.09 bits per heavy atom. The molecule has 6 heteroatoms.